The molecule has 146 valence electrons. The molecule has 1 aromatic heterocycles. The van der Waals surface area contributed by atoms with Gasteiger partial charge in [-0.15, -0.1) is 5.10 Å². The molecule has 0 saturated carbocycles. The van der Waals surface area contributed by atoms with Crippen molar-refractivity contribution in [3.63, 3.8) is 0 Å². The molecule has 0 aliphatic heterocycles. The van der Waals surface area contributed by atoms with E-state index in [-0.39, 0.29) is 5.82 Å². The van der Waals surface area contributed by atoms with E-state index in [2.05, 4.69) is 20.8 Å². The maximum Gasteiger partial charge on any atom is 0.187 e. The van der Waals surface area contributed by atoms with E-state index >= 15 is 0 Å². The Kier molecular flexibility index (Phi) is 5.58. The molecule has 3 aromatic carbocycles. The van der Waals surface area contributed by atoms with Crippen LogP contribution in [0.2, 0.25) is 0 Å². The summed E-state index contributed by atoms with van der Waals surface area (Å²) in [6.07, 6.45) is 0. The summed E-state index contributed by atoms with van der Waals surface area (Å²) in [5.41, 5.74) is 4.03. The van der Waals surface area contributed by atoms with E-state index in [9.17, 15) is 4.39 Å². The molecule has 0 aliphatic carbocycles. The van der Waals surface area contributed by atoms with Gasteiger partial charge in [-0.2, -0.15) is 4.68 Å². The number of anilines is 1. The van der Waals surface area contributed by atoms with Gasteiger partial charge in [0.1, 0.15) is 11.5 Å². The first-order chi connectivity index (χ1) is 14.3. The lowest BCUT2D eigenvalue weighted by Crippen LogP contribution is -2.08. The maximum absolute atomic E-state index is 14.4. The van der Waals surface area contributed by atoms with Crippen LogP contribution in [-0.4, -0.2) is 40.5 Å². The van der Waals surface area contributed by atoms with Crippen LogP contribution in [0.4, 0.5) is 10.1 Å². The largest absolute Gasteiger partial charge is 0.383 e. The minimum absolute atomic E-state index is 0.300. The van der Waals surface area contributed by atoms with Crippen LogP contribution in [0, 0.1) is 5.82 Å². The van der Waals surface area contributed by atoms with Crippen LogP contribution in [0.5, 0.6) is 0 Å². The van der Waals surface area contributed by atoms with E-state index in [1.165, 1.54) is 10.7 Å². The molecule has 0 amide bonds. The van der Waals surface area contributed by atoms with E-state index in [1.54, 1.807) is 25.3 Å². The molecule has 0 fully saturated rings. The number of tetrazole rings is 1. The smallest absolute Gasteiger partial charge is 0.187 e. The predicted octanol–water partition coefficient (Wildman–Crippen LogP) is 4.19. The average molecular weight is 389 g/mol. The quantitative estimate of drug-likeness (QED) is 0.480. The van der Waals surface area contributed by atoms with Crippen molar-refractivity contribution in [3.05, 3.63) is 78.6 Å². The van der Waals surface area contributed by atoms with Gasteiger partial charge in [-0.1, -0.05) is 54.6 Å². The molecule has 0 atom stereocenters. The second-order valence-electron chi connectivity index (χ2n) is 6.38. The molecule has 0 saturated heterocycles. The first-order valence-corrected chi connectivity index (χ1v) is 9.24. The lowest BCUT2D eigenvalue weighted by molar-refractivity contribution is 0.211. The van der Waals surface area contributed by atoms with Gasteiger partial charge in [-0.25, -0.2) is 4.39 Å². The standard InChI is InChI=1S/C22H20FN5O/c1-29-15-14-24-20-12-6-4-9-17(20)16-8-2-3-10-18(16)22-25-26-27-28(22)21-13-7-5-11-19(21)23/h2-13,24H,14-15H2,1H3. The molecule has 7 heteroatoms. The highest BCUT2D eigenvalue weighted by molar-refractivity contribution is 5.87. The molecule has 4 aromatic rings. The summed E-state index contributed by atoms with van der Waals surface area (Å²) in [5, 5.41) is 15.4. The molecule has 0 spiro atoms. The fraction of sp³-hybridized carbons (Fsp3) is 0.136. The van der Waals surface area contributed by atoms with E-state index in [1.807, 2.05) is 48.5 Å². The predicted molar refractivity (Wildman–Crippen MR) is 110 cm³/mol. The number of nitrogens with zero attached hydrogens (tertiary/aromatic N) is 4. The van der Waals surface area contributed by atoms with Gasteiger partial charge in [0.05, 0.1) is 6.61 Å². The number of benzene rings is 3. The second kappa shape index (κ2) is 8.62. The van der Waals surface area contributed by atoms with Crippen molar-refractivity contribution < 1.29 is 9.13 Å². The third-order valence-electron chi connectivity index (χ3n) is 4.56. The van der Waals surface area contributed by atoms with Crippen LogP contribution in [0.1, 0.15) is 0 Å². The monoisotopic (exact) mass is 389 g/mol. The number of hydrogen-bond acceptors (Lipinski definition) is 5. The molecular weight excluding hydrogens is 369 g/mol. The van der Waals surface area contributed by atoms with Gasteiger partial charge in [0.15, 0.2) is 5.82 Å². The fourth-order valence-electron chi connectivity index (χ4n) is 3.21. The average Bonchev–Trinajstić information content (AvgIpc) is 3.24. The molecule has 0 bridgehead atoms. The van der Waals surface area contributed by atoms with Gasteiger partial charge in [0.2, 0.25) is 0 Å². The normalized spacial score (nSPS) is 10.8. The summed E-state index contributed by atoms with van der Waals surface area (Å²) >= 11 is 0. The number of rotatable bonds is 7. The number of nitrogens with one attached hydrogen (secondary N) is 1. The van der Waals surface area contributed by atoms with Crippen molar-refractivity contribution in [2.45, 2.75) is 0 Å². The Bertz CT molecular complexity index is 1110. The summed E-state index contributed by atoms with van der Waals surface area (Å²) in [5.74, 6) is 0.0811. The Morgan fingerprint density at radius 2 is 1.59 bits per heavy atom. The maximum atomic E-state index is 14.4. The fourth-order valence-corrected chi connectivity index (χ4v) is 3.21. The highest BCUT2D eigenvalue weighted by Crippen LogP contribution is 2.35. The second-order valence-corrected chi connectivity index (χ2v) is 6.38. The van der Waals surface area contributed by atoms with Crippen LogP contribution in [0.25, 0.3) is 28.2 Å². The van der Waals surface area contributed by atoms with Crippen molar-refractivity contribution in [1.82, 2.24) is 20.2 Å². The van der Waals surface area contributed by atoms with Crippen molar-refractivity contribution >= 4 is 5.69 Å². The highest BCUT2D eigenvalue weighted by Gasteiger charge is 2.18. The molecule has 0 radical (unpaired) electrons. The zero-order valence-corrected chi connectivity index (χ0v) is 15.9. The summed E-state index contributed by atoms with van der Waals surface area (Å²) in [4.78, 5) is 0. The summed E-state index contributed by atoms with van der Waals surface area (Å²) in [7, 11) is 1.67. The number of methoxy groups -OCH3 is 1. The summed E-state index contributed by atoms with van der Waals surface area (Å²) in [6.45, 7) is 1.28. The van der Waals surface area contributed by atoms with E-state index in [0.29, 0.717) is 24.7 Å². The molecule has 0 unspecified atom stereocenters. The molecule has 6 nitrogen and oxygen atoms in total. The first kappa shape index (κ1) is 18.8. The summed E-state index contributed by atoms with van der Waals surface area (Å²) < 4.78 is 20.9. The Balaban J connectivity index is 1.82. The first-order valence-electron chi connectivity index (χ1n) is 9.24. The van der Waals surface area contributed by atoms with Gasteiger partial charge in [0.25, 0.3) is 0 Å². The van der Waals surface area contributed by atoms with Gasteiger partial charge < -0.3 is 10.1 Å². The molecule has 1 heterocycles. The number of aromatic nitrogens is 4. The number of halogens is 1. The SMILES string of the molecule is COCCNc1ccccc1-c1ccccc1-c1nnnn1-c1ccccc1F. The van der Waals surface area contributed by atoms with E-state index in [4.69, 9.17) is 4.74 Å². The number of ether oxygens (including phenoxy) is 1. The van der Waals surface area contributed by atoms with Gasteiger partial charge in [-0.3, -0.25) is 0 Å². The molecule has 1 N–H and O–H groups in total. The van der Waals surface area contributed by atoms with Crippen molar-refractivity contribution in [1.29, 1.82) is 0 Å². The van der Waals surface area contributed by atoms with Crippen LogP contribution in [0.15, 0.2) is 72.8 Å². The Morgan fingerprint density at radius 1 is 0.897 bits per heavy atom. The van der Waals surface area contributed by atoms with Gasteiger partial charge in [0, 0.05) is 30.5 Å². The highest BCUT2D eigenvalue weighted by atomic mass is 19.1. The van der Waals surface area contributed by atoms with Crippen molar-refractivity contribution in [2.75, 3.05) is 25.6 Å². The minimum Gasteiger partial charge on any atom is -0.383 e. The van der Waals surface area contributed by atoms with Crippen LogP contribution >= 0.6 is 0 Å². The van der Waals surface area contributed by atoms with Crippen LogP contribution in [0.3, 0.4) is 0 Å². The Morgan fingerprint density at radius 3 is 2.38 bits per heavy atom. The Hall–Kier alpha value is -3.58. The topological polar surface area (TPSA) is 64.9 Å². The third-order valence-corrected chi connectivity index (χ3v) is 4.56. The number of para-hydroxylation sites is 2. The molecule has 4 rings (SSSR count). The van der Waals surface area contributed by atoms with Gasteiger partial charge in [-0.05, 0) is 34.2 Å². The molecule has 29 heavy (non-hydrogen) atoms. The number of hydrogen-bond donors (Lipinski definition) is 1. The molecule has 0 aliphatic rings. The van der Waals surface area contributed by atoms with E-state index in [0.717, 1.165) is 22.4 Å². The van der Waals surface area contributed by atoms with Crippen LogP contribution < -0.4 is 5.32 Å². The lowest BCUT2D eigenvalue weighted by Gasteiger charge is -2.15. The minimum atomic E-state index is -0.389. The third kappa shape index (κ3) is 3.86. The molecular formula is C22H20FN5O. The lowest BCUT2D eigenvalue weighted by atomic mass is 9.97. The van der Waals surface area contributed by atoms with Gasteiger partial charge >= 0.3 is 0 Å². The zero-order valence-electron chi connectivity index (χ0n) is 15.9. The van der Waals surface area contributed by atoms with Crippen LogP contribution in [-0.2, 0) is 4.74 Å². The van der Waals surface area contributed by atoms with E-state index < -0.39 is 0 Å². The Labute approximate surface area is 168 Å². The van der Waals surface area contributed by atoms with Crippen molar-refractivity contribution in [3.8, 4) is 28.2 Å². The van der Waals surface area contributed by atoms with Crippen molar-refractivity contribution in [2.24, 2.45) is 0 Å². The zero-order chi connectivity index (χ0) is 20.1. The summed E-state index contributed by atoms with van der Waals surface area (Å²) in [6, 6.07) is 22.3.